The number of nitrogens with zero attached hydrogens (tertiary/aromatic N) is 3. The maximum absolute atomic E-state index is 12.9. The number of hydrogen-bond acceptors (Lipinski definition) is 3. The van der Waals surface area contributed by atoms with Crippen LogP contribution in [-0.2, 0) is 16.6 Å². The summed E-state index contributed by atoms with van der Waals surface area (Å²) in [6.07, 6.45) is 0. The van der Waals surface area contributed by atoms with Gasteiger partial charge in [-0.2, -0.15) is 0 Å². The van der Waals surface area contributed by atoms with Crippen LogP contribution in [0.25, 0.3) is 0 Å². The summed E-state index contributed by atoms with van der Waals surface area (Å²) in [7, 11) is -0.513. The van der Waals surface area contributed by atoms with E-state index in [9.17, 15) is 13.2 Å². The van der Waals surface area contributed by atoms with Crippen LogP contribution >= 0.6 is 0 Å². The molecule has 25 heavy (non-hydrogen) atoms. The van der Waals surface area contributed by atoms with Crippen molar-refractivity contribution in [2.45, 2.75) is 31.3 Å². The van der Waals surface area contributed by atoms with Gasteiger partial charge in [0.25, 0.3) is 5.91 Å². The highest BCUT2D eigenvalue weighted by Crippen LogP contribution is 2.28. The molecule has 1 aromatic carbocycles. The fraction of sp³-hybridized carbons (Fsp3) is 0.389. The Kier molecular flexibility index (Phi) is 4.47. The zero-order valence-corrected chi connectivity index (χ0v) is 15.7. The van der Waals surface area contributed by atoms with Crippen LogP contribution in [-0.4, -0.2) is 48.7 Å². The van der Waals surface area contributed by atoms with Gasteiger partial charge in [-0.15, -0.1) is 0 Å². The van der Waals surface area contributed by atoms with Crippen LogP contribution in [0, 0.1) is 6.92 Å². The molecule has 0 unspecified atom stereocenters. The van der Waals surface area contributed by atoms with Gasteiger partial charge in [-0.05, 0) is 50.2 Å². The first-order valence-electron chi connectivity index (χ1n) is 8.23. The van der Waals surface area contributed by atoms with E-state index in [2.05, 4.69) is 23.6 Å². The average molecular weight is 361 g/mol. The van der Waals surface area contributed by atoms with E-state index < -0.39 is 10.0 Å². The van der Waals surface area contributed by atoms with Gasteiger partial charge in [0.15, 0.2) is 0 Å². The molecule has 6 nitrogen and oxygen atoms in total. The normalized spacial score (nSPS) is 17.6. The van der Waals surface area contributed by atoms with Gasteiger partial charge in [-0.3, -0.25) is 4.79 Å². The van der Waals surface area contributed by atoms with E-state index in [1.807, 2.05) is 11.8 Å². The molecular formula is C18H23N3O3S. The van der Waals surface area contributed by atoms with Crippen molar-refractivity contribution < 1.29 is 13.2 Å². The van der Waals surface area contributed by atoms with Crippen LogP contribution in [0.5, 0.6) is 0 Å². The van der Waals surface area contributed by atoms with Gasteiger partial charge in [0.2, 0.25) is 10.0 Å². The van der Waals surface area contributed by atoms with Gasteiger partial charge in [0, 0.05) is 44.1 Å². The van der Waals surface area contributed by atoms with Crippen molar-refractivity contribution >= 4 is 15.9 Å². The number of hydrogen-bond donors (Lipinski definition) is 0. The first-order valence-corrected chi connectivity index (χ1v) is 9.67. The Hall–Kier alpha value is -2.12. The van der Waals surface area contributed by atoms with E-state index >= 15 is 0 Å². The second kappa shape index (κ2) is 6.31. The zero-order chi connectivity index (χ0) is 18.4. The number of aromatic nitrogens is 1. The Balaban J connectivity index is 1.85. The third-order valence-corrected chi connectivity index (χ3v) is 6.66. The minimum atomic E-state index is -3.49. The van der Waals surface area contributed by atoms with Crippen molar-refractivity contribution in [3.63, 3.8) is 0 Å². The number of aryl methyl sites for hydroxylation is 1. The number of amides is 1. The van der Waals surface area contributed by atoms with Crippen LogP contribution in [0.3, 0.4) is 0 Å². The summed E-state index contributed by atoms with van der Waals surface area (Å²) < 4.78 is 27.7. The number of fused-ring (bicyclic) bond motifs is 1. The molecule has 2 heterocycles. The Bertz CT molecular complexity index is 898. The van der Waals surface area contributed by atoms with Crippen LogP contribution in [0.2, 0.25) is 0 Å². The molecule has 7 heteroatoms. The van der Waals surface area contributed by atoms with E-state index in [1.54, 1.807) is 12.1 Å². The molecule has 1 amide bonds. The standard InChI is InChI=1S/C18H23N3O3S/c1-13-5-10-17-14(2)21(12-11-20(13)17)18(22)15-6-8-16(9-7-15)25(23,24)19(3)4/h5-10,14H,11-12H2,1-4H3/t14-/m1/s1. The lowest BCUT2D eigenvalue weighted by molar-refractivity contribution is 0.0643. The Morgan fingerprint density at radius 2 is 1.72 bits per heavy atom. The van der Waals surface area contributed by atoms with Gasteiger partial charge in [-0.25, -0.2) is 12.7 Å². The summed E-state index contributed by atoms with van der Waals surface area (Å²) in [5.41, 5.74) is 2.83. The van der Waals surface area contributed by atoms with Crippen molar-refractivity contribution in [2.24, 2.45) is 0 Å². The third kappa shape index (κ3) is 2.98. The molecule has 0 bridgehead atoms. The number of carbonyl (C=O) groups is 1. The fourth-order valence-corrected chi connectivity index (χ4v) is 4.15. The molecule has 0 radical (unpaired) electrons. The van der Waals surface area contributed by atoms with E-state index in [-0.39, 0.29) is 16.8 Å². The molecule has 1 aliphatic rings. The van der Waals surface area contributed by atoms with Gasteiger partial charge in [0.1, 0.15) is 0 Å². The molecule has 0 N–H and O–H groups in total. The number of benzene rings is 1. The molecule has 1 aliphatic heterocycles. The molecular weight excluding hydrogens is 338 g/mol. The largest absolute Gasteiger partial charge is 0.345 e. The molecule has 134 valence electrons. The van der Waals surface area contributed by atoms with Gasteiger partial charge >= 0.3 is 0 Å². The van der Waals surface area contributed by atoms with E-state index in [0.717, 1.165) is 16.5 Å². The third-order valence-electron chi connectivity index (χ3n) is 4.83. The van der Waals surface area contributed by atoms with Crippen molar-refractivity contribution in [1.29, 1.82) is 0 Å². The van der Waals surface area contributed by atoms with Crippen molar-refractivity contribution in [3.05, 3.63) is 53.3 Å². The van der Waals surface area contributed by atoms with Crippen LogP contribution in [0.4, 0.5) is 0 Å². The maximum atomic E-state index is 12.9. The summed E-state index contributed by atoms with van der Waals surface area (Å²) >= 11 is 0. The number of sulfonamides is 1. The molecule has 1 aromatic heterocycles. The summed E-state index contributed by atoms with van der Waals surface area (Å²) in [5, 5.41) is 0. The zero-order valence-electron chi connectivity index (χ0n) is 14.9. The number of rotatable bonds is 3. The lowest BCUT2D eigenvalue weighted by Gasteiger charge is -2.35. The maximum Gasteiger partial charge on any atom is 0.254 e. The van der Waals surface area contributed by atoms with Gasteiger partial charge in [-0.1, -0.05) is 0 Å². The average Bonchev–Trinajstić information content (AvgIpc) is 2.97. The van der Waals surface area contributed by atoms with Crippen LogP contribution < -0.4 is 0 Å². The predicted molar refractivity (Wildman–Crippen MR) is 95.9 cm³/mol. The summed E-state index contributed by atoms with van der Waals surface area (Å²) in [6, 6.07) is 10.3. The molecule has 0 saturated heterocycles. The minimum absolute atomic E-state index is 0.0138. The minimum Gasteiger partial charge on any atom is -0.345 e. The Labute approximate surface area is 148 Å². The summed E-state index contributed by atoms with van der Waals surface area (Å²) in [4.78, 5) is 14.9. The first-order chi connectivity index (χ1) is 11.7. The van der Waals surface area contributed by atoms with E-state index in [4.69, 9.17) is 0 Å². The molecule has 0 fully saturated rings. The molecule has 2 aromatic rings. The first kappa shape index (κ1) is 17.7. The fourth-order valence-electron chi connectivity index (χ4n) is 3.24. The van der Waals surface area contributed by atoms with Crippen molar-refractivity contribution in [1.82, 2.24) is 13.8 Å². The monoisotopic (exact) mass is 361 g/mol. The Morgan fingerprint density at radius 1 is 1.08 bits per heavy atom. The predicted octanol–water partition coefficient (Wildman–Crippen LogP) is 2.26. The second-order valence-corrected chi connectivity index (χ2v) is 8.69. The van der Waals surface area contributed by atoms with Crippen molar-refractivity contribution in [2.75, 3.05) is 20.6 Å². The molecule has 0 saturated carbocycles. The highest BCUT2D eigenvalue weighted by molar-refractivity contribution is 7.89. The molecule has 3 rings (SSSR count). The Morgan fingerprint density at radius 3 is 2.32 bits per heavy atom. The molecule has 1 atom stereocenters. The summed E-state index contributed by atoms with van der Waals surface area (Å²) in [5.74, 6) is -0.0774. The SMILES string of the molecule is Cc1ccc2n1CCN(C(=O)c1ccc(S(=O)(=O)N(C)C)cc1)[C@@H]2C. The number of carbonyl (C=O) groups excluding carboxylic acids is 1. The van der Waals surface area contributed by atoms with Crippen LogP contribution in [0.1, 0.15) is 34.7 Å². The lowest BCUT2D eigenvalue weighted by atomic mass is 10.1. The second-order valence-electron chi connectivity index (χ2n) is 6.54. The molecule has 0 aliphatic carbocycles. The smallest absolute Gasteiger partial charge is 0.254 e. The van der Waals surface area contributed by atoms with E-state index in [1.165, 1.54) is 31.9 Å². The highest BCUT2D eigenvalue weighted by Gasteiger charge is 2.29. The van der Waals surface area contributed by atoms with Gasteiger partial charge < -0.3 is 9.47 Å². The summed E-state index contributed by atoms with van der Waals surface area (Å²) in [6.45, 7) is 5.50. The quantitative estimate of drug-likeness (QED) is 0.842. The van der Waals surface area contributed by atoms with Gasteiger partial charge in [0.05, 0.1) is 10.9 Å². The van der Waals surface area contributed by atoms with Crippen LogP contribution in [0.15, 0.2) is 41.3 Å². The van der Waals surface area contributed by atoms with Crippen molar-refractivity contribution in [3.8, 4) is 0 Å². The topological polar surface area (TPSA) is 62.6 Å². The highest BCUT2D eigenvalue weighted by atomic mass is 32.2. The lowest BCUT2D eigenvalue weighted by Crippen LogP contribution is -2.41. The van der Waals surface area contributed by atoms with E-state index in [0.29, 0.717) is 12.1 Å². The molecule has 0 spiro atoms.